The molecule has 5 nitrogen and oxygen atoms in total. The van der Waals surface area contributed by atoms with Crippen LogP contribution in [0.5, 0.6) is 0 Å². The number of aryl methyl sites for hydroxylation is 3. The van der Waals surface area contributed by atoms with Gasteiger partial charge in [0.15, 0.2) is 0 Å². The van der Waals surface area contributed by atoms with Crippen molar-refractivity contribution in [2.75, 3.05) is 5.73 Å². The summed E-state index contributed by atoms with van der Waals surface area (Å²) in [7, 11) is 0. The van der Waals surface area contributed by atoms with Crippen LogP contribution in [0.2, 0.25) is 0 Å². The quantitative estimate of drug-likeness (QED) is 0.384. The van der Waals surface area contributed by atoms with Crippen molar-refractivity contribution in [1.82, 2.24) is 15.3 Å². The maximum Gasteiger partial charge on any atom is 0.220 e. The summed E-state index contributed by atoms with van der Waals surface area (Å²) in [5, 5.41) is 3.07. The monoisotopic (exact) mass is 448 g/mol. The minimum atomic E-state index is 0.0373. The van der Waals surface area contributed by atoms with Gasteiger partial charge in [0.2, 0.25) is 5.91 Å². The molecule has 0 spiro atoms. The van der Waals surface area contributed by atoms with Gasteiger partial charge in [0, 0.05) is 23.2 Å². The van der Waals surface area contributed by atoms with E-state index in [-0.39, 0.29) is 5.91 Å². The molecule has 3 aromatic carbocycles. The molecule has 0 radical (unpaired) electrons. The zero-order valence-corrected chi connectivity index (χ0v) is 19.1. The minimum Gasteiger partial charge on any atom is -0.399 e. The van der Waals surface area contributed by atoms with E-state index in [9.17, 15) is 4.79 Å². The second-order valence-corrected chi connectivity index (χ2v) is 8.71. The smallest absolute Gasteiger partial charge is 0.220 e. The number of rotatable bonds is 7. The second kappa shape index (κ2) is 9.87. The summed E-state index contributed by atoms with van der Waals surface area (Å²) in [6.45, 7) is 0.364. The van der Waals surface area contributed by atoms with Gasteiger partial charge in [-0.3, -0.25) is 9.78 Å². The Hall–Kier alpha value is -3.99. The first-order chi connectivity index (χ1) is 16.7. The molecule has 0 saturated carbocycles. The van der Waals surface area contributed by atoms with E-state index in [2.05, 4.69) is 17.4 Å². The standard InChI is InChI=1S/C29H28N4O/c30-23-15-16-24-22(18-23)14-17-25-29(24)33-28(21-11-5-2-6-12-21)26(32-25)19-31-27(34)13-7-10-20-8-3-1-4-9-20/h1-6,8-9,11-12,15-16,18H,7,10,13-14,17,19,30H2,(H,31,34). The predicted octanol–water partition coefficient (Wildman–Crippen LogP) is 5.13. The number of carbonyl (C=O) groups is 1. The number of carbonyl (C=O) groups excluding carboxylic acids is 1. The number of nitrogen functional groups attached to an aromatic ring is 1. The number of anilines is 1. The van der Waals surface area contributed by atoms with Crippen LogP contribution in [-0.2, 0) is 30.6 Å². The number of nitrogens with one attached hydrogen (secondary N) is 1. The Bertz CT molecular complexity index is 1300. The summed E-state index contributed by atoms with van der Waals surface area (Å²) in [4.78, 5) is 22.6. The molecule has 5 heteroatoms. The van der Waals surface area contributed by atoms with Crippen LogP contribution in [0.15, 0.2) is 78.9 Å². The fourth-order valence-electron chi connectivity index (χ4n) is 4.52. The fraction of sp³-hybridized carbons (Fsp3) is 0.207. The Morgan fingerprint density at radius 2 is 1.65 bits per heavy atom. The number of hydrogen-bond donors (Lipinski definition) is 2. The highest BCUT2D eigenvalue weighted by Crippen LogP contribution is 2.35. The molecule has 1 heterocycles. The third-order valence-corrected chi connectivity index (χ3v) is 6.27. The van der Waals surface area contributed by atoms with Gasteiger partial charge in [0.05, 0.1) is 29.3 Å². The summed E-state index contributed by atoms with van der Waals surface area (Å²) in [5.74, 6) is 0.0373. The number of benzene rings is 3. The van der Waals surface area contributed by atoms with Crippen LogP contribution in [0.25, 0.3) is 22.5 Å². The maximum atomic E-state index is 12.6. The lowest BCUT2D eigenvalue weighted by Crippen LogP contribution is -2.24. The summed E-state index contributed by atoms with van der Waals surface area (Å²) < 4.78 is 0. The molecular formula is C29H28N4O. The van der Waals surface area contributed by atoms with Gasteiger partial charge in [0.1, 0.15) is 0 Å². The maximum absolute atomic E-state index is 12.6. The normalized spacial score (nSPS) is 12.0. The Kier molecular flexibility index (Phi) is 6.34. The molecule has 0 unspecified atom stereocenters. The fourth-order valence-corrected chi connectivity index (χ4v) is 4.52. The zero-order chi connectivity index (χ0) is 23.3. The highest BCUT2D eigenvalue weighted by Gasteiger charge is 2.22. The Morgan fingerprint density at radius 3 is 2.44 bits per heavy atom. The Balaban J connectivity index is 1.36. The summed E-state index contributed by atoms with van der Waals surface area (Å²) in [6.07, 6.45) is 3.90. The topological polar surface area (TPSA) is 80.9 Å². The van der Waals surface area contributed by atoms with Gasteiger partial charge in [-0.25, -0.2) is 4.98 Å². The van der Waals surface area contributed by atoms with Crippen LogP contribution in [0.3, 0.4) is 0 Å². The molecule has 1 aliphatic rings. The van der Waals surface area contributed by atoms with Gasteiger partial charge < -0.3 is 11.1 Å². The molecule has 3 N–H and O–H groups in total. The molecule has 1 aliphatic carbocycles. The van der Waals surface area contributed by atoms with Crippen molar-refractivity contribution < 1.29 is 4.79 Å². The van der Waals surface area contributed by atoms with Crippen molar-refractivity contribution in [3.63, 3.8) is 0 Å². The van der Waals surface area contributed by atoms with Gasteiger partial charge in [-0.15, -0.1) is 0 Å². The number of fused-ring (bicyclic) bond motifs is 3. The molecule has 34 heavy (non-hydrogen) atoms. The van der Waals surface area contributed by atoms with Crippen molar-refractivity contribution >= 4 is 11.6 Å². The molecule has 0 bridgehead atoms. The van der Waals surface area contributed by atoms with Crippen molar-refractivity contribution in [3.05, 3.63) is 101 Å². The molecular weight excluding hydrogens is 420 g/mol. The van der Waals surface area contributed by atoms with E-state index in [4.69, 9.17) is 15.7 Å². The number of nitrogens with two attached hydrogens (primary N) is 1. The van der Waals surface area contributed by atoms with Crippen molar-refractivity contribution in [3.8, 4) is 22.5 Å². The first-order valence-electron chi connectivity index (χ1n) is 11.8. The Labute approximate surface area is 200 Å². The van der Waals surface area contributed by atoms with E-state index >= 15 is 0 Å². The van der Waals surface area contributed by atoms with Gasteiger partial charge in [-0.2, -0.15) is 0 Å². The molecule has 1 aromatic heterocycles. The van der Waals surface area contributed by atoms with Crippen LogP contribution >= 0.6 is 0 Å². The van der Waals surface area contributed by atoms with E-state index in [1.807, 2.05) is 66.7 Å². The van der Waals surface area contributed by atoms with E-state index in [1.54, 1.807) is 0 Å². The predicted molar refractivity (Wildman–Crippen MR) is 136 cm³/mol. The first kappa shape index (κ1) is 21.8. The highest BCUT2D eigenvalue weighted by molar-refractivity contribution is 5.77. The van der Waals surface area contributed by atoms with Gasteiger partial charge >= 0.3 is 0 Å². The SMILES string of the molecule is Nc1ccc2c(c1)CCc1nc(CNC(=O)CCCc3ccccc3)c(-c3ccccc3)nc1-2. The average Bonchev–Trinajstić information content (AvgIpc) is 2.88. The van der Waals surface area contributed by atoms with Crippen LogP contribution in [0.1, 0.15) is 35.4 Å². The molecule has 0 fully saturated rings. The number of nitrogens with zero attached hydrogens (tertiary/aromatic N) is 2. The van der Waals surface area contributed by atoms with E-state index in [0.717, 1.165) is 65.3 Å². The number of aromatic nitrogens is 2. The average molecular weight is 449 g/mol. The number of amides is 1. The molecule has 0 saturated heterocycles. The molecule has 4 aromatic rings. The van der Waals surface area contributed by atoms with E-state index in [0.29, 0.717) is 13.0 Å². The highest BCUT2D eigenvalue weighted by atomic mass is 16.1. The molecule has 0 aliphatic heterocycles. The largest absolute Gasteiger partial charge is 0.399 e. The second-order valence-electron chi connectivity index (χ2n) is 8.71. The summed E-state index contributed by atoms with van der Waals surface area (Å²) >= 11 is 0. The van der Waals surface area contributed by atoms with Gasteiger partial charge in [0.25, 0.3) is 0 Å². The lowest BCUT2D eigenvalue weighted by Gasteiger charge is -2.21. The van der Waals surface area contributed by atoms with Crippen LogP contribution < -0.4 is 11.1 Å². The zero-order valence-electron chi connectivity index (χ0n) is 19.1. The van der Waals surface area contributed by atoms with Crippen molar-refractivity contribution in [2.24, 2.45) is 0 Å². The van der Waals surface area contributed by atoms with Crippen LogP contribution in [0.4, 0.5) is 5.69 Å². The molecule has 0 atom stereocenters. The van der Waals surface area contributed by atoms with Crippen molar-refractivity contribution in [2.45, 2.75) is 38.6 Å². The van der Waals surface area contributed by atoms with Crippen LogP contribution in [0, 0.1) is 0 Å². The van der Waals surface area contributed by atoms with Crippen molar-refractivity contribution in [1.29, 1.82) is 0 Å². The molecule has 170 valence electrons. The van der Waals surface area contributed by atoms with Gasteiger partial charge in [-0.05, 0) is 48.9 Å². The van der Waals surface area contributed by atoms with Gasteiger partial charge in [-0.1, -0.05) is 66.7 Å². The third kappa shape index (κ3) is 4.84. The number of hydrogen-bond acceptors (Lipinski definition) is 4. The lowest BCUT2D eigenvalue weighted by atomic mass is 9.91. The van der Waals surface area contributed by atoms with E-state index < -0.39 is 0 Å². The molecule has 1 amide bonds. The summed E-state index contributed by atoms with van der Waals surface area (Å²) in [5.41, 5.74) is 14.8. The molecule has 5 rings (SSSR count). The lowest BCUT2D eigenvalue weighted by molar-refractivity contribution is -0.121. The van der Waals surface area contributed by atoms with E-state index in [1.165, 1.54) is 11.1 Å². The minimum absolute atomic E-state index is 0.0373. The third-order valence-electron chi connectivity index (χ3n) is 6.27. The van der Waals surface area contributed by atoms with Crippen LogP contribution in [-0.4, -0.2) is 15.9 Å². The Morgan fingerprint density at radius 1 is 0.882 bits per heavy atom. The first-order valence-corrected chi connectivity index (χ1v) is 11.8. The summed E-state index contributed by atoms with van der Waals surface area (Å²) in [6, 6.07) is 26.3.